The summed E-state index contributed by atoms with van der Waals surface area (Å²) < 4.78 is 25.0. The molecule has 56 valence electrons. The third-order valence-electron chi connectivity index (χ3n) is 1.41. The van der Waals surface area contributed by atoms with Crippen LogP contribution in [-0.4, -0.2) is 11.5 Å². The Bertz CT molecular complexity index is 174. The first kappa shape index (κ1) is 7.92. The van der Waals surface area contributed by atoms with E-state index >= 15 is 0 Å². The Hall–Kier alpha value is -0.180. The van der Waals surface area contributed by atoms with Crippen molar-refractivity contribution < 1.29 is 8.78 Å². The number of alkyl halides is 2. The van der Waals surface area contributed by atoms with Crippen LogP contribution in [0.5, 0.6) is 0 Å². The maximum absolute atomic E-state index is 12.7. The van der Waals surface area contributed by atoms with Crippen molar-refractivity contribution in [2.45, 2.75) is 6.17 Å². The van der Waals surface area contributed by atoms with Gasteiger partial charge in [-0.2, -0.15) is 0 Å². The van der Waals surface area contributed by atoms with Gasteiger partial charge in [0.1, 0.15) is 12.0 Å². The molecule has 0 saturated heterocycles. The van der Waals surface area contributed by atoms with Crippen LogP contribution >= 0.6 is 15.9 Å². The summed E-state index contributed by atoms with van der Waals surface area (Å²) in [5, 5.41) is 0.536. The number of hydrogen-bond donors (Lipinski definition) is 0. The topological polar surface area (TPSA) is 0 Å². The van der Waals surface area contributed by atoms with Crippen LogP contribution in [0.3, 0.4) is 0 Å². The molecule has 10 heavy (non-hydrogen) atoms. The van der Waals surface area contributed by atoms with E-state index < -0.39 is 12.0 Å². The van der Waals surface area contributed by atoms with E-state index in [1.54, 1.807) is 0 Å². The van der Waals surface area contributed by atoms with Gasteiger partial charge in [-0.3, -0.25) is 0 Å². The summed E-state index contributed by atoms with van der Waals surface area (Å²) >= 11 is 3.13. The van der Waals surface area contributed by atoms with Crippen molar-refractivity contribution in [3.8, 4) is 0 Å². The highest BCUT2D eigenvalue weighted by atomic mass is 79.9. The molecule has 0 heterocycles. The lowest BCUT2D eigenvalue weighted by molar-refractivity contribution is 0.331. The fourth-order valence-electron chi connectivity index (χ4n) is 0.789. The third kappa shape index (κ3) is 1.66. The largest absolute Gasteiger partial charge is 0.242 e. The maximum atomic E-state index is 12.7. The minimum Gasteiger partial charge on any atom is -0.242 e. The van der Waals surface area contributed by atoms with E-state index in [0.717, 1.165) is 6.08 Å². The molecule has 0 aromatic carbocycles. The lowest BCUT2D eigenvalue weighted by Crippen LogP contribution is -2.15. The van der Waals surface area contributed by atoms with E-state index in [1.165, 1.54) is 12.2 Å². The van der Waals surface area contributed by atoms with Crippen LogP contribution in [0.2, 0.25) is 0 Å². The normalized spacial score (nSPS) is 32.1. The maximum Gasteiger partial charge on any atom is 0.128 e. The van der Waals surface area contributed by atoms with Crippen LogP contribution in [0.4, 0.5) is 8.78 Å². The molecule has 0 saturated carbocycles. The quantitative estimate of drug-likeness (QED) is 0.582. The third-order valence-corrected chi connectivity index (χ3v) is 2.16. The molecule has 2 unspecified atom stereocenters. The zero-order valence-electron chi connectivity index (χ0n) is 5.23. The van der Waals surface area contributed by atoms with Gasteiger partial charge in [-0.1, -0.05) is 22.0 Å². The van der Waals surface area contributed by atoms with Crippen molar-refractivity contribution in [2.24, 2.45) is 5.92 Å². The van der Waals surface area contributed by atoms with Crippen molar-refractivity contribution in [2.75, 3.05) is 5.33 Å². The van der Waals surface area contributed by atoms with E-state index in [4.69, 9.17) is 0 Å². The molecule has 0 fully saturated rings. The first-order valence-corrected chi connectivity index (χ1v) is 4.11. The summed E-state index contributed by atoms with van der Waals surface area (Å²) in [6.07, 6.45) is 2.65. The smallest absolute Gasteiger partial charge is 0.128 e. The van der Waals surface area contributed by atoms with Gasteiger partial charge in [0.2, 0.25) is 0 Å². The molecule has 2 atom stereocenters. The van der Waals surface area contributed by atoms with Crippen LogP contribution in [0.1, 0.15) is 0 Å². The van der Waals surface area contributed by atoms with Crippen molar-refractivity contribution >= 4 is 15.9 Å². The molecule has 3 heteroatoms. The Labute approximate surface area is 66.7 Å². The first-order chi connectivity index (χ1) is 4.74. The average Bonchev–Trinajstić information content (AvgIpc) is 1.88. The van der Waals surface area contributed by atoms with Crippen molar-refractivity contribution in [1.29, 1.82) is 0 Å². The summed E-state index contributed by atoms with van der Waals surface area (Å²) in [4.78, 5) is 0. The fraction of sp³-hybridized carbons (Fsp3) is 0.429. The summed E-state index contributed by atoms with van der Waals surface area (Å²) in [7, 11) is 0. The second kappa shape index (κ2) is 3.28. The molecular weight excluding hydrogens is 202 g/mol. The summed E-state index contributed by atoms with van der Waals surface area (Å²) in [5.41, 5.74) is 0. The highest BCUT2D eigenvalue weighted by Gasteiger charge is 2.18. The number of halogens is 3. The monoisotopic (exact) mass is 208 g/mol. The van der Waals surface area contributed by atoms with Gasteiger partial charge in [-0.15, -0.1) is 0 Å². The summed E-state index contributed by atoms with van der Waals surface area (Å²) in [5.74, 6) is -0.691. The Balaban J connectivity index is 2.64. The zero-order valence-corrected chi connectivity index (χ0v) is 6.81. The van der Waals surface area contributed by atoms with Crippen LogP contribution in [-0.2, 0) is 0 Å². The van der Waals surface area contributed by atoms with Crippen molar-refractivity contribution in [1.82, 2.24) is 0 Å². The van der Waals surface area contributed by atoms with Crippen LogP contribution in [0, 0.1) is 5.92 Å². The molecule has 1 aliphatic rings. The van der Waals surface area contributed by atoms with Gasteiger partial charge in [0, 0.05) is 11.2 Å². The van der Waals surface area contributed by atoms with E-state index in [9.17, 15) is 8.78 Å². The lowest BCUT2D eigenvalue weighted by Gasteiger charge is -2.14. The van der Waals surface area contributed by atoms with E-state index in [2.05, 4.69) is 15.9 Å². The SMILES string of the molecule is FC1=CC(F)C(CBr)C=C1. The standard InChI is InChI=1S/C7H7BrF2/c8-4-5-1-2-6(9)3-7(5)10/h1-3,5,7H,4H2. The summed E-state index contributed by atoms with van der Waals surface area (Å²) in [6.45, 7) is 0. The average molecular weight is 209 g/mol. The predicted octanol–water partition coefficient (Wildman–Crippen LogP) is 2.76. The molecule has 0 N–H and O–H groups in total. The van der Waals surface area contributed by atoms with Crippen LogP contribution < -0.4 is 0 Å². The highest BCUT2D eigenvalue weighted by molar-refractivity contribution is 9.09. The lowest BCUT2D eigenvalue weighted by atomic mass is 10.0. The number of allylic oxidation sites excluding steroid dienone is 4. The van der Waals surface area contributed by atoms with Gasteiger partial charge in [0.05, 0.1) is 0 Å². The van der Waals surface area contributed by atoms with E-state index in [0.29, 0.717) is 5.33 Å². The highest BCUT2D eigenvalue weighted by Crippen LogP contribution is 2.21. The van der Waals surface area contributed by atoms with E-state index in [-0.39, 0.29) is 5.92 Å². The van der Waals surface area contributed by atoms with E-state index in [1.807, 2.05) is 0 Å². The molecule has 0 aliphatic heterocycles. The van der Waals surface area contributed by atoms with Gasteiger partial charge in [0.25, 0.3) is 0 Å². The number of rotatable bonds is 1. The second-order valence-corrected chi connectivity index (χ2v) is 2.82. The molecule has 0 amide bonds. The molecule has 0 spiro atoms. The van der Waals surface area contributed by atoms with Crippen LogP contribution in [0.15, 0.2) is 24.1 Å². The number of hydrogen-bond acceptors (Lipinski definition) is 0. The van der Waals surface area contributed by atoms with Gasteiger partial charge >= 0.3 is 0 Å². The van der Waals surface area contributed by atoms with Gasteiger partial charge in [-0.25, -0.2) is 8.78 Å². The fourth-order valence-corrected chi connectivity index (χ4v) is 1.36. The first-order valence-electron chi connectivity index (χ1n) is 2.99. The Kier molecular flexibility index (Phi) is 2.60. The molecular formula is C7H7BrF2. The van der Waals surface area contributed by atoms with Gasteiger partial charge < -0.3 is 0 Å². The second-order valence-electron chi connectivity index (χ2n) is 2.17. The molecule has 0 aromatic rings. The zero-order chi connectivity index (χ0) is 7.56. The Morgan fingerprint density at radius 3 is 2.80 bits per heavy atom. The van der Waals surface area contributed by atoms with Crippen molar-refractivity contribution in [3.05, 3.63) is 24.1 Å². The minimum atomic E-state index is -1.18. The molecule has 1 aliphatic carbocycles. The van der Waals surface area contributed by atoms with Crippen LogP contribution in [0.25, 0.3) is 0 Å². The van der Waals surface area contributed by atoms with Crippen molar-refractivity contribution in [3.63, 3.8) is 0 Å². The summed E-state index contributed by atoms with van der Waals surface area (Å²) in [6, 6.07) is 0. The predicted molar refractivity (Wildman–Crippen MR) is 40.5 cm³/mol. The molecule has 0 nitrogen and oxygen atoms in total. The van der Waals surface area contributed by atoms with Gasteiger partial charge in [0.15, 0.2) is 0 Å². The Morgan fingerprint density at radius 1 is 1.60 bits per heavy atom. The molecule has 0 aromatic heterocycles. The molecule has 1 rings (SSSR count). The minimum absolute atomic E-state index is 0.209. The Morgan fingerprint density at radius 2 is 2.30 bits per heavy atom. The molecule has 0 radical (unpaired) electrons. The molecule has 0 bridgehead atoms. The van der Waals surface area contributed by atoms with Gasteiger partial charge in [-0.05, 0) is 12.2 Å².